The van der Waals surface area contributed by atoms with Gasteiger partial charge in [0.25, 0.3) is 0 Å². The maximum atomic E-state index is 12.4. The standard InChI is InChI=1S/C26H22N4O2S3.2BrH/c31-23(25-5-2-12-33-25)16-29-10-7-21(8-11-29)35-18-20-14-22(28-27-20)19-4-1-9-30(15-19)17-24(32)26-6-3-13-34-26;;/h1-15H,16-18H2,(H,27,28);2*1H/q+2;;/p-2. The second-order valence-corrected chi connectivity index (χ2v) is 10.8. The number of aromatic amines is 1. The summed E-state index contributed by atoms with van der Waals surface area (Å²) in [4.78, 5) is 27.4. The largest absolute Gasteiger partial charge is 1.00 e. The number of halogens is 2. The molecule has 11 heteroatoms. The molecule has 0 spiro atoms. The summed E-state index contributed by atoms with van der Waals surface area (Å²) >= 11 is 4.63. The van der Waals surface area contributed by atoms with Crippen molar-refractivity contribution < 1.29 is 52.7 Å². The van der Waals surface area contributed by atoms with E-state index in [1.165, 1.54) is 22.7 Å². The number of ketones is 2. The number of aromatic nitrogens is 4. The van der Waals surface area contributed by atoms with Crippen molar-refractivity contribution in [3.8, 4) is 11.3 Å². The molecule has 37 heavy (non-hydrogen) atoms. The minimum Gasteiger partial charge on any atom is -1.00 e. The molecule has 5 aromatic heterocycles. The van der Waals surface area contributed by atoms with Crippen molar-refractivity contribution in [1.29, 1.82) is 0 Å². The zero-order valence-electron chi connectivity index (χ0n) is 19.4. The minimum atomic E-state index is 0. The van der Waals surface area contributed by atoms with Crippen LogP contribution < -0.4 is 43.1 Å². The molecule has 0 aromatic carbocycles. The highest BCUT2D eigenvalue weighted by molar-refractivity contribution is 7.98. The Balaban J connectivity index is 0.00000190. The summed E-state index contributed by atoms with van der Waals surface area (Å²) in [5, 5.41) is 11.4. The van der Waals surface area contributed by atoms with E-state index in [-0.39, 0.29) is 45.5 Å². The van der Waals surface area contributed by atoms with Gasteiger partial charge in [0.05, 0.1) is 21.0 Å². The molecule has 0 amide bonds. The lowest BCUT2D eigenvalue weighted by Crippen LogP contribution is -3.00. The number of nitrogens with zero attached hydrogens (tertiary/aromatic N) is 3. The summed E-state index contributed by atoms with van der Waals surface area (Å²) in [6.07, 6.45) is 7.72. The molecular formula is C26H22Br2N4O2S3. The molecule has 0 atom stereocenters. The molecule has 0 saturated heterocycles. The molecule has 0 radical (unpaired) electrons. The van der Waals surface area contributed by atoms with Crippen LogP contribution in [0.5, 0.6) is 0 Å². The number of carbonyl (C=O) groups excluding carboxylic acids is 2. The second-order valence-electron chi connectivity index (χ2n) is 7.84. The first-order valence-electron chi connectivity index (χ1n) is 10.9. The van der Waals surface area contributed by atoms with Crippen LogP contribution in [0.4, 0.5) is 0 Å². The van der Waals surface area contributed by atoms with Crippen LogP contribution in [0.25, 0.3) is 11.3 Å². The molecule has 1 N–H and O–H groups in total. The molecule has 0 saturated carbocycles. The molecule has 6 nitrogen and oxygen atoms in total. The molecule has 0 unspecified atom stereocenters. The molecule has 0 aliphatic heterocycles. The van der Waals surface area contributed by atoms with Gasteiger partial charge in [-0.3, -0.25) is 14.7 Å². The monoisotopic (exact) mass is 676 g/mol. The molecule has 0 aliphatic rings. The van der Waals surface area contributed by atoms with Gasteiger partial charge in [-0.1, -0.05) is 12.1 Å². The van der Waals surface area contributed by atoms with Gasteiger partial charge in [-0.05, 0) is 35.0 Å². The summed E-state index contributed by atoms with van der Waals surface area (Å²) in [6, 6.07) is 17.5. The Bertz CT molecular complexity index is 1440. The summed E-state index contributed by atoms with van der Waals surface area (Å²) in [5.74, 6) is 0.962. The van der Waals surface area contributed by atoms with Gasteiger partial charge >= 0.3 is 0 Å². The van der Waals surface area contributed by atoms with Crippen molar-refractivity contribution in [2.75, 3.05) is 0 Å². The number of H-pyrrole nitrogens is 1. The Morgan fingerprint density at radius 3 is 2.11 bits per heavy atom. The predicted molar refractivity (Wildman–Crippen MR) is 138 cm³/mol. The molecule has 5 rings (SSSR count). The smallest absolute Gasteiger partial charge is 0.237 e. The Labute approximate surface area is 247 Å². The molecule has 5 aromatic rings. The number of Topliss-reactive ketones (excluding diaryl/α,β-unsaturated/α-hetero) is 2. The third-order valence-electron chi connectivity index (χ3n) is 5.28. The number of rotatable bonds is 10. The van der Waals surface area contributed by atoms with E-state index in [0.717, 1.165) is 37.4 Å². The molecule has 0 bridgehead atoms. The van der Waals surface area contributed by atoms with Gasteiger partial charge in [0.2, 0.25) is 24.7 Å². The first-order valence-corrected chi connectivity index (χ1v) is 13.7. The average Bonchev–Trinajstić information content (AvgIpc) is 3.67. The first-order chi connectivity index (χ1) is 17.1. The van der Waals surface area contributed by atoms with Crippen molar-refractivity contribution in [3.05, 3.63) is 106 Å². The van der Waals surface area contributed by atoms with Crippen LogP contribution >= 0.6 is 34.4 Å². The molecule has 0 aliphatic carbocycles. The SMILES string of the molecule is O=C(C[n+]1ccc(SCc2cc(-c3ccc[n+](CC(=O)c4cccs4)c3)n[nH]2)cc1)c1cccs1.[Br-].[Br-]. The number of carbonyl (C=O) groups is 2. The number of thioether (sulfide) groups is 1. The van der Waals surface area contributed by atoms with Gasteiger partial charge in [0, 0.05) is 34.5 Å². The van der Waals surface area contributed by atoms with E-state index in [1.54, 1.807) is 11.8 Å². The van der Waals surface area contributed by atoms with Gasteiger partial charge in [-0.15, -0.1) is 34.4 Å². The van der Waals surface area contributed by atoms with Crippen LogP contribution in [-0.4, -0.2) is 21.8 Å². The van der Waals surface area contributed by atoms with Crippen LogP contribution in [0, 0.1) is 0 Å². The van der Waals surface area contributed by atoms with E-state index in [2.05, 4.69) is 10.2 Å². The Morgan fingerprint density at radius 1 is 0.838 bits per heavy atom. The van der Waals surface area contributed by atoms with Gasteiger partial charge < -0.3 is 34.0 Å². The molecule has 5 heterocycles. The van der Waals surface area contributed by atoms with Crippen molar-refractivity contribution >= 4 is 46.0 Å². The van der Waals surface area contributed by atoms with Crippen LogP contribution in [0.3, 0.4) is 0 Å². The number of thiophene rings is 2. The van der Waals surface area contributed by atoms with Gasteiger partial charge in [-0.2, -0.15) is 14.2 Å². The zero-order valence-corrected chi connectivity index (χ0v) is 25.0. The third kappa shape index (κ3) is 7.78. The maximum Gasteiger partial charge on any atom is 0.237 e. The fourth-order valence-electron chi connectivity index (χ4n) is 3.52. The Kier molecular flexibility index (Phi) is 11.0. The van der Waals surface area contributed by atoms with Crippen LogP contribution in [0.2, 0.25) is 0 Å². The number of hydrogen-bond acceptors (Lipinski definition) is 6. The van der Waals surface area contributed by atoms with E-state index < -0.39 is 0 Å². The number of hydrogen-bond donors (Lipinski definition) is 1. The van der Waals surface area contributed by atoms with E-state index in [1.807, 2.05) is 99.3 Å². The van der Waals surface area contributed by atoms with Gasteiger partial charge in [-0.25, -0.2) is 0 Å². The molecular weight excluding hydrogens is 656 g/mol. The fourth-order valence-corrected chi connectivity index (χ4v) is 5.62. The Morgan fingerprint density at radius 2 is 1.49 bits per heavy atom. The number of pyridine rings is 2. The fraction of sp³-hybridized carbons (Fsp3) is 0.115. The lowest BCUT2D eigenvalue weighted by atomic mass is 10.2. The lowest BCUT2D eigenvalue weighted by Gasteiger charge is -2.00. The third-order valence-corrected chi connectivity index (χ3v) is 8.17. The summed E-state index contributed by atoms with van der Waals surface area (Å²) in [7, 11) is 0. The normalized spacial score (nSPS) is 10.4. The van der Waals surface area contributed by atoms with E-state index in [4.69, 9.17) is 0 Å². The van der Waals surface area contributed by atoms with Crippen molar-refractivity contribution in [2.24, 2.45) is 0 Å². The van der Waals surface area contributed by atoms with Gasteiger partial charge in [0.15, 0.2) is 24.8 Å². The summed E-state index contributed by atoms with van der Waals surface area (Å²) in [5.41, 5.74) is 2.81. The second kappa shape index (κ2) is 13.9. The van der Waals surface area contributed by atoms with Crippen molar-refractivity contribution in [1.82, 2.24) is 10.2 Å². The Hall–Kier alpha value is -2.44. The highest BCUT2D eigenvalue weighted by Gasteiger charge is 2.16. The summed E-state index contributed by atoms with van der Waals surface area (Å²) in [6.45, 7) is 0.639. The van der Waals surface area contributed by atoms with E-state index in [9.17, 15) is 9.59 Å². The van der Waals surface area contributed by atoms with Gasteiger partial charge in [0.1, 0.15) is 0 Å². The quantitative estimate of drug-likeness (QED) is 0.115. The lowest BCUT2D eigenvalue weighted by molar-refractivity contribution is -0.683. The molecule has 0 fully saturated rings. The molecule has 190 valence electrons. The maximum absolute atomic E-state index is 12.4. The highest BCUT2D eigenvalue weighted by atomic mass is 79.9. The van der Waals surface area contributed by atoms with E-state index >= 15 is 0 Å². The zero-order chi connectivity index (χ0) is 24.0. The first kappa shape index (κ1) is 29.1. The highest BCUT2D eigenvalue weighted by Crippen LogP contribution is 2.23. The van der Waals surface area contributed by atoms with Crippen molar-refractivity contribution in [2.45, 2.75) is 23.7 Å². The average molecular weight is 678 g/mol. The minimum absolute atomic E-state index is 0. The van der Waals surface area contributed by atoms with Crippen LogP contribution in [0.15, 0.2) is 95.0 Å². The van der Waals surface area contributed by atoms with E-state index in [0.29, 0.717) is 13.1 Å². The predicted octanol–water partition coefficient (Wildman–Crippen LogP) is -1.16. The van der Waals surface area contributed by atoms with Crippen LogP contribution in [0.1, 0.15) is 25.0 Å². The topological polar surface area (TPSA) is 70.6 Å². The summed E-state index contributed by atoms with van der Waals surface area (Å²) < 4.78 is 3.79. The number of nitrogens with one attached hydrogen (secondary N) is 1. The van der Waals surface area contributed by atoms with Crippen molar-refractivity contribution in [3.63, 3.8) is 0 Å². The van der Waals surface area contributed by atoms with Crippen LogP contribution in [-0.2, 0) is 18.8 Å².